The first-order valence-corrected chi connectivity index (χ1v) is 14.7. The summed E-state index contributed by atoms with van der Waals surface area (Å²) in [5, 5.41) is 14.6. The molecule has 0 bridgehead atoms. The Morgan fingerprint density at radius 1 is 1.26 bits per heavy atom. The van der Waals surface area contributed by atoms with E-state index >= 15 is 8.78 Å². The lowest BCUT2D eigenvalue weighted by Gasteiger charge is -2.25. The number of nitrogens with two attached hydrogens (primary N) is 1. The number of aliphatic hydroxyl groups excluding tert-OH is 1. The molecule has 0 radical (unpaired) electrons. The van der Waals surface area contributed by atoms with Crippen molar-refractivity contribution in [3.8, 4) is 5.75 Å². The van der Waals surface area contributed by atoms with E-state index in [9.17, 15) is 19.3 Å². The van der Waals surface area contributed by atoms with Gasteiger partial charge in [-0.25, -0.2) is 9.55 Å². The van der Waals surface area contributed by atoms with Gasteiger partial charge in [0.1, 0.15) is 17.9 Å². The highest BCUT2D eigenvalue weighted by molar-refractivity contribution is 7.52. The average Bonchev–Trinajstić information content (AvgIpc) is 3.44. The van der Waals surface area contributed by atoms with Crippen molar-refractivity contribution in [3.63, 3.8) is 0 Å². The summed E-state index contributed by atoms with van der Waals surface area (Å²) in [4.78, 5) is 34.4. The van der Waals surface area contributed by atoms with Crippen molar-refractivity contribution in [2.75, 3.05) is 12.3 Å². The van der Waals surface area contributed by atoms with Crippen molar-refractivity contribution >= 4 is 41.6 Å². The van der Waals surface area contributed by atoms with Gasteiger partial charge in [0, 0.05) is 0 Å². The first kappa shape index (κ1) is 30.5. The number of rotatable bonds is 10. The quantitative estimate of drug-likeness (QED) is 0.150. The van der Waals surface area contributed by atoms with E-state index in [1.54, 1.807) is 38.1 Å². The SMILES string of the molecule is CC(C)OC(=O)C(C)NP(=O)(OCC1OC(n2cnc3c(=O)[nH]c(N)nc32)C(F)(F)C1O)Oc1ccc2ccccc2c1. The number of benzene rings is 2. The number of aromatic amines is 1. The summed E-state index contributed by atoms with van der Waals surface area (Å²) in [5.74, 6) is -4.96. The second-order valence-electron chi connectivity index (χ2n) is 10.2. The number of halogens is 2. The third-order valence-corrected chi connectivity index (χ3v) is 8.14. The maximum atomic E-state index is 15.3. The topological polar surface area (TPSA) is 193 Å². The van der Waals surface area contributed by atoms with Gasteiger partial charge in [0.15, 0.2) is 17.3 Å². The highest BCUT2D eigenvalue weighted by Gasteiger charge is 2.60. The molecule has 0 amide bonds. The van der Waals surface area contributed by atoms with Crippen LogP contribution >= 0.6 is 7.75 Å². The third-order valence-electron chi connectivity index (χ3n) is 6.50. The number of H-pyrrole nitrogens is 1. The summed E-state index contributed by atoms with van der Waals surface area (Å²) in [5.41, 5.74) is 4.22. The summed E-state index contributed by atoms with van der Waals surface area (Å²) in [6.45, 7) is 3.76. The van der Waals surface area contributed by atoms with Gasteiger partial charge in [0.2, 0.25) is 12.2 Å². The fourth-order valence-electron chi connectivity index (χ4n) is 4.47. The molecule has 0 spiro atoms. The number of carbonyl (C=O) groups is 1. The van der Waals surface area contributed by atoms with Crippen LogP contribution in [-0.2, 0) is 23.4 Å². The van der Waals surface area contributed by atoms with Crippen LogP contribution in [0.5, 0.6) is 5.75 Å². The average molecular weight is 623 g/mol. The van der Waals surface area contributed by atoms with Crippen LogP contribution in [0.4, 0.5) is 14.7 Å². The van der Waals surface area contributed by atoms with E-state index in [1.807, 2.05) is 12.1 Å². The molecule has 43 heavy (non-hydrogen) atoms. The molecule has 5 rings (SSSR count). The molecule has 17 heteroatoms. The van der Waals surface area contributed by atoms with E-state index in [0.29, 0.717) is 0 Å². The normalized spacial score (nSPS) is 22.1. The van der Waals surface area contributed by atoms with Crippen LogP contribution in [0, 0.1) is 0 Å². The Labute approximate surface area is 242 Å². The molecule has 1 fully saturated rings. The Hall–Kier alpha value is -3.95. The fraction of sp³-hybridized carbons (Fsp3) is 0.385. The Kier molecular flexibility index (Phi) is 8.24. The van der Waals surface area contributed by atoms with Crippen molar-refractivity contribution in [3.05, 3.63) is 59.1 Å². The van der Waals surface area contributed by atoms with Gasteiger partial charge in [-0.1, -0.05) is 30.3 Å². The highest BCUT2D eigenvalue weighted by atomic mass is 31.2. The second-order valence-corrected chi connectivity index (χ2v) is 11.8. The fourth-order valence-corrected chi connectivity index (χ4v) is 5.96. The molecule has 4 aromatic rings. The number of anilines is 1. The first-order valence-electron chi connectivity index (χ1n) is 13.1. The van der Waals surface area contributed by atoms with Crippen LogP contribution in [0.15, 0.2) is 53.6 Å². The number of nitrogens with zero attached hydrogens (tertiary/aromatic N) is 3. The maximum Gasteiger partial charge on any atom is 0.459 e. The number of esters is 1. The zero-order valence-corrected chi connectivity index (χ0v) is 24.0. The van der Waals surface area contributed by atoms with Crippen molar-refractivity contribution in [2.45, 2.75) is 57.3 Å². The Bertz CT molecular complexity index is 1760. The number of aliphatic hydroxyl groups is 1. The van der Waals surface area contributed by atoms with Crippen molar-refractivity contribution in [1.82, 2.24) is 24.6 Å². The number of nitrogens with one attached hydrogen (secondary N) is 2. The molecule has 5 N–H and O–H groups in total. The first-order chi connectivity index (χ1) is 20.3. The standard InChI is InChI=1S/C26H29F2N6O8P/c1-13(2)40-23(37)14(3)33-43(38,42-17-9-8-15-6-4-5-7-16(15)10-17)39-11-18-20(35)26(27,28)24(41-18)34-12-30-19-21(34)31-25(29)32-22(19)36/h4-10,12-14,18,20,24,35H,11H2,1-3H3,(H,33,38)(H3,29,31,32,36). The predicted octanol–water partition coefficient (Wildman–Crippen LogP) is 2.88. The Balaban J connectivity index is 1.39. The van der Waals surface area contributed by atoms with E-state index in [0.717, 1.165) is 21.7 Å². The number of alkyl halides is 2. The third kappa shape index (κ3) is 6.24. The lowest BCUT2D eigenvalue weighted by Crippen LogP contribution is -2.40. The van der Waals surface area contributed by atoms with Gasteiger partial charge in [-0.15, -0.1) is 0 Å². The van der Waals surface area contributed by atoms with Crippen LogP contribution in [-0.4, -0.2) is 67.5 Å². The van der Waals surface area contributed by atoms with Crippen molar-refractivity contribution < 1.29 is 41.8 Å². The zero-order valence-electron chi connectivity index (χ0n) is 23.1. The summed E-state index contributed by atoms with van der Waals surface area (Å²) in [7, 11) is -4.51. The minimum Gasteiger partial charge on any atom is -0.462 e. The number of nitrogen functional groups attached to an aromatic ring is 1. The number of aromatic nitrogens is 4. The van der Waals surface area contributed by atoms with Gasteiger partial charge in [0.25, 0.3) is 5.56 Å². The Morgan fingerprint density at radius 3 is 2.70 bits per heavy atom. The molecule has 3 heterocycles. The highest BCUT2D eigenvalue weighted by Crippen LogP contribution is 2.48. The van der Waals surface area contributed by atoms with E-state index in [1.165, 1.54) is 13.0 Å². The summed E-state index contributed by atoms with van der Waals surface area (Å²) in [6.07, 6.45) is -5.95. The molecule has 2 aromatic carbocycles. The van der Waals surface area contributed by atoms with Gasteiger partial charge >= 0.3 is 19.6 Å². The lowest BCUT2D eigenvalue weighted by molar-refractivity contribution is -0.149. The molecule has 5 atom stereocenters. The molecule has 5 unspecified atom stereocenters. The molecular formula is C26H29F2N6O8P. The van der Waals surface area contributed by atoms with Crippen LogP contribution in [0.3, 0.4) is 0 Å². The smallest absolute Gasteiger partial charge is 0.459 e. The molecule has 1 aliphatic rings. The zero-order chi connectivity index (χ0) is 31.1. The van der Waals surface area contributed by atoms with Crippen LogP contribution in [0.25, 0.3) is 21.9 Å². The molecule has 1 aliphatic heterocycles. The van der Waals surface area contributed by atoms with Crippen LogP contribution < -0.4 is 20.9 Å². The van der Waals surface area contributed by atoms with Gasteiger partial charge < -0.3 is 24.8 Å². The van der Waals surface area contributed by atoms with E-state index in [4.69, 9.17) is 24.3 Å². The van der Waals surface area contributed by atoms with Gasteiger partial charge in [-0.05, 0) is 43.7 Å². The molecule has 2 aromatic heterocycles. The van der Waals surface area contributed by atoms with Gasteiger partial charge in [-0.3, -0.25) is 23.7 Å². The molecule has 14 nitrogen and oxygen atoms in total. The van der Waals surface area contributed by atoms with E-state index < -0.39 is 62.4 Å². The van der Waals surface area contributed by atoms with Crippen LogP contribution in [0.1, 0.15) is 27.0 Å². The number of ether oxygens (including phenoxy) is 2. The Morgan fingerprint density at radius 2 is 1.98 bits per heavy atom. The molecular weight excluding hydrogens is 593 g/mol. The van der Waals surface area contributed by atoms with Gasteiger partial charge in [-0.2, -0.15) is 18.9 Å². The number of hydrogen-bond acceptors (Lipinski definition) is 11. The maximum absolute atomic E-state index is 15.3. The monoisotopic (exact) mass is 622 g/mol. The predicted molar refractivity (Wildman–Crippen MR) is 149 cm³/mol. The lowest BCUT2D eigenvalue weighted by atomic mass is 10.1. The van der Waals surface area contributed by atoms with Gasteiger partial charge in [0.05, 0.1) is 19.0 Å². The molecule has 0 aliphatic carbocycles. The number of fused-ring (bicyclic) bond motifs is 2. The number of imidazole rings is 1. The van der Waals surface area contributed by atoms with Crippen LogP contribution in [0.2, 0.25) is 0 Å². The van der Waals surface area contributed by atoms with E-state index in [-0.39, 0.29) is 22.9 Å². The largest absolute Gasteiger partial charge is 0.462 e. The molecule has 0 saturated carbocycles. The number of carbonyl (C=O) groups excluding carboxylic acids is 1. The summed E-state index contributed by atoms with van der Waals surface area (Å²) >= 11 is 0. The minimum atomic E-state index is -4.51. The summed E-state index contributed by atoms with van der Waals surface area (Å²) < 4.78 is 67.0. The summed E-state index contributed by atoms with van der Waals surface area (Å²) in [6, 6.07) is 10.9. The molecule has 230 valence electrons. The second kappa shape index (κ2) is 11.6. The van der Waals surface area contributed by atoms with Crippen molar-refractivity contribution in [2.24, 2.45) is 0 Å². The van der Waals surface area contributed by atoms with E-state index in [2.05, 4.69) is 20.0 Å². The molecule has 1 saturated heterocycles. The minimum absolute atomic E-state index is 0.0915. The number of hydrogen-bond donors (Lipinski definition) is 4. The van der Waals surface area contributed by atoms with Crippen molar-refractivity contribution in [1.29, 1.82) is 0 Å².